The standard InChI is InChI=1S/C23H27F3N2O3/c1-28-18-9-11-22(12-10-18,21(27)29)14-17-13-16(5-8-20(17)30-2)15-3-6-19(7-4-15)31-23(24,25)26/h3-8,13,18,28H,9-12,14H2,1-2H3,(H2,27,29). The third kappa shape index (κ3) is 5.50. The van der Waals surface area contributed by atoms with Gasteiger partial charge in [0.2, 0.25) is 5.91 Å². The lowest BCUT2D eigenvalue weighted by Gasteiger charge is -2.38. The molecular weight excluding hydrogens is 409 g/mol. The number of rotatable bonds is 7. The van der Waals surface area contributed by atoms with Crippen LogP contribution in [0.1, 0.15) is 31.2 Å². The van der Waals surface area contributed by atoms with Gasteiger partial charge < -0.3 is 20.5 Å². The Balaban J connectivity index is 1.87. The molecule has 0 spiro atoms. The fourth-order valence-corrected chi connectivity index (χ4v) is 4.28. The minimum Gasteiger partial charge on any atom is -0.496 e. The summed E-state index contributed by atoms with van der Waals surface area (Å²) in [5.41, 5.74) is 7.57. The number of alkyl halides is 3. The molecule has 2 aromatic carbocycles. The summed E-state index contributed by atoms with van der Waals surface area (Å²) in [7, 11) is 3.48. The molecule has 2 aromatic rings. The number of methoxy groups -OCH3 is 1. The fraction of sp³-hybridized carbons (Fsp3) is 0.435. The molecule has 0 radical (unpaired) electrons. The number of nitrogens with one attached hydrogen (secondary N) is 1. The zero-order valence-corrected chi connectivity index (χ0v) is 17.6. The van der Waals surface area contributed by atoms with E-state index in [4.69, 9.17) is 10.5 Å². The van der Waals surface area contributed by atoms with E-state index in [1.807, 2.05) is 19.2 Å². The molecule has 1 aliphatic rings. The van der Waals surface area contributed by atoms with Gasteiger partial charge in [-0.2, -0.15) is 0 Å². The van der Waals surface area contributed by atoms with Crippen molar-refractivity contribution in [1.82, 2.24) is 5.32 Å². The van der Waals surface area contributed by atoms with Crippen molar-refractivity contribution >= 4 is 5.91 Å². The minimum absolute atomic E-state index is 0.279. The fourth-order valence-electron chi connectivity index (χ4n) is 4.28. The minimum atomic E-state index is -4.73. The third-order valence-corrected chi connectivity index (χ3v) is 6.10. The zero-order valence-electron chi connectivity index (χ0n) is 17.6. The number of nitrogens with two attached hydrogens (primary N) is 1. The van der Waals surface area contributed by atoms with E-state index >= 15 is 0 Å². The van der Waals surface area contributed by atoms with E-state index in [9.17, 15) is 18.0 Å². The van der Waals surface area contributed by atoms with Gasteiger partial charge in [0.15, 0.2) is 0 Å². The second-order valence-electron chi connectivity index (χ2n) is 7.98. The number of primary amides is 1. The van der Waals surface area contributed by atoms with E-state index in [1.54, 1.807) is 25.3 Å². The zero-order chi connectivity index (χ0) is 22.6. The van der Waals surface area contributed by atoms with Crippen LogP contribution in [0.15, 0.2) is 42.5 Å². The lowest BCUT2D eigenvalue weighted by Crippen LogP contribution is -2.45. The van der Waals surface area contributed by atoms with Crippen molar-refractivity contribution in [3.8, 4) is 22.6 Å². The molecule has 0 bridgehead atoms. The van der Waals surface area contributed by atoms with Crippen LogP contribution in [0.25, 0.3) is 11.1 Å². The van der Waals surface area contributed by atoms with E-state index in [1.165, 1.54) is 12.1 Å². The molecule has 0 unspecified atom stereocenters. The second-order valence-corrected chi connectivity index (χ2v) is 7.98. The molecule has 0 aromatic heterocycles. The number of hydrogen-bond acceptors (Lipinski definition) is 4. The first-order valence-corrected chi connectivity index (χ1v) is 10.2. The first-order valence-electron chi connectivity index (χ1n) is 10.2. The van der Waals surface area contributed by atoms with Crippen LogP contribution < -0.4 is 20.5 Å². The summed E-state index contributed by atoms with van der Waals surface area (Å²) in [6.45, 7) is 0. The van der Waals surface area contributed by atoms with Gasteiger partial charge in [0.05, 0.1) is 12.5 Å². The summed E-state index contributed by atoms with van der Waals surface area (Å²) in [5, 5.41) is 3.26. The van der Waals surface area contributed by atoms with Gasteiger partial charge in [0.25, 0.3) is 0 Å². The molecule has 1 saturated carbocycles. The van der Waals surface area contributed by atoms with Gasteiger partial charge in [0.1, 0.15) is 11.5 Å². The van der Waals surface area contributed by atoms with E-state index < -0.39 is 11.8 Å². The Morgan fingerprint density at radius 2 is 1.74 bits per heavy atom. The Bertz CT molecular complexity index is 905. The van der Waals surface area contributed by atoms with Gasteiger partial charge >= 0.3 is 6.36 Å². The summed E-state index contributed by atoms with van der Waals surface area (Å²) in [4.78, 5) is 12.4. The predicted molar refractivity (Wildman–Crippen MR) is 112 cm³/mol. The number of amides is 1. The van der Waals surface area contributed by atoms with Crippen LogP contribution in [-0.4, -0.2) is 32.5 Å². The smallest absolute Gasteiger partial charge is 0.496 e. The Labute approximate surface area is 179 Å². The van der Waals surface area contributed by atoms with Crippen molar-refractivity contribution in [3.63, 3.8) is 0 Å². The summed E-state index contributed by atoms with van der Waals surface area (Å²) in [5.74, 6) is 0.0549. The summed E-state index contributed by atoms with van der Waals surface area (Å²) in [6, 6.07) is 11.6. The molecule has 1 amide bonds. The normalized spacial score (nSPS) is 21.5. The highest BCUT2D eigenvalue weighted by atomic mass is 19.4. The van der Waals surface area contributed by atoms with Crippen LogP contribution >= 0.6 is 0 Å². The first kappa shape index (κ1) is 22.9. The van der Waals surface area contributed by atoms with Crippen LogP contribution in [0.2, 0.25) is 0 Å². The molecule has 8 heteroatoms. The molecule has 0 atom stereocenters. The number of halogens is 3. The summed E-state index contributed by atoms with van der Waals surface area (Å²) in [6.07, 6.45) is -1.19. The second kappa shape index (κ2) is 9.18. The van der Waals surface area contributed by atoms with Crippen LogP contribution in [0.4, 0.5) is 13.2 Å². The maximum Gasteiger partial charge on any atom is 0.573 e. The topological polar surface area (TPSA) is 73.6 Å². The van der Waals surface area contributed by atoms with Gasteiger partial charge in [-0.1, -0.05) is 18.2 Å². The van der Waals surface area contributed by atoms with E-state index in [0.717, 1.165) is 29.5 Å². The highest BCUT2D eigenvalue weighted by Crippen LogP contribution is 2.41. The predicted octanol–water partition coefficient (Wildman–Crippen LogP) is 4.44. The van der Waals surface area contributed by atoms with Crippen LogP contribution in [-0.2, 0) is 11.2 Å². The number of carbonyl (C=O) groups is 1. The SMILES string of the molecule is CNC1CCC(Cc2cc(-c3ccc(OC(F)(F)F)cc3)ccc2OC)(C(N)=O)CC1. The monoisotopic (exact) mass is 436 g/mol. The van der Waals surface area contributed by atoms with Crippen molar-refractivity contribution in [2.45, 2.75) is 44.5 Å². The number of benzene rings is 2. The molecule has 1 aliphatic carbocycles. The Kier molecular flexibility index (Phi) is 6.79. The molecule has 168 valence electrons. The van der Waals surface area contributed by atoms with Crippen molar-refractivity contribution in [2.75, 3.05) is 14.2 Å². The largest absolute Gasteiger partial charge is 0.573 e. The number of hydrogen-bond donors (Lipinski definition) is 2. The Morgan fingerprint density at radius 1 is 1.13 bits per heavy atom. The quantitative estimate of drug-likeness (QED) is 0.673. The van der Waals surface area contributed by atoms with Crippen molar-refractivity contribution < 1.29 is 27.4 Å². The Morgan fingerprint density at radius 3 is 2.26 bits per heavy atom. The summed E-state index contributed by atoms with van der Waals surface area (Å²) < 4.78 is 46.6. The van der Waals surface area contributed by atoms with Crippen molar-refractivity contribution in [3.05, 3.63) is 48.0 Å². The van der Waals surface area contributed by atoms with Crippen LogP contribution in [0.5, 0.6) is 11.5 Å². The lowest BCUT2D eigenvalue weighted by molar-refractivity contribution is -0.274. The third-order valence-electron chi connectivity index (χ3n) is 6.10. The Hall–Kier alpha value is -2.74. The van der Waals surface area contributed by atoms with Gasteiger partial charge in [-0.25, -0.2) is 0 Å². The van der Waals surface area contributed by atoms with E-state index in [2.05, 4.69) is 10.1 Å². The molecule has 3 rings (SSSR count). The number of carbonyl (C=O) groups excluding carboxylic acids is 1. The van der Waals surface area contributed by atoms with E-state index in [0.29, 0.717) is 31.1 Å². The van der Waals surface area contributed by atoms with Crippen LogP contribution in [0, 0.1) is 5.41 Å². The van der Waals surface area contributed by atoms with Gasteiger partial charge in [0, 0.05) is 6.04 Å². The first-order chi connectivity index (χ1) is 14.7. The molecule has 0 saturated heterocycles. The average molecular weight is 436 g/mol. The van der Waals surface area contributed by atoms with Crippen molar-refractivity contribution in [2.24, 2.45) is 11.1 Å². The van der Waals surface area contributed by atoms with E-state index in [-0.39, 0.29) is 11.7 Å². The maximum atomic E-state index is 12.4. The van der Waals surface area contributed by atoms with Gasteiger partial charge in [-0.3, -0.25) is 4.79 Å². The average Bonchev–Trinajstić information content (AvgIpc) is 2.73. The molecule has 31 heavy (non-hydrogen) atoms. The summed E-state index contributed by atoms with van der Waals surface area (Å²) >= 11 is 0. The molecule has 0 aliphatic heterocycles. The van der Waals surface area contributed by atoms with Gasteiger partial charge in [-0.15, -0.1) is 13.2 Å². The molecule has 1 fully saturated rings. The maximum absolute atomic E-state index is 12.4. The molecular formula is C23H27F3N2O3. The van der Waals surface area contributed by atoms with Crippen LogP contribution in [0.3, 0.4) is 0 Å². The molecule has 0 heterocycles. The van der Waals surface area contributed by atoms with Gasteiger partial charge in [-0.05, 0) is 80.1 Å². The lowest BCUT2D eigenvalue weighted by atomic mass is 9.68. The number of ether oxygens (including phenoxy) is 2. The highest BCUT2D eigenvalue weighted by Gasteiger charge is 2.40. The highest BCUT2D eigenvalue weighted by molar-refractivity contribution is 5.81. The van der Waals surface area contributed by atoms with Crippen molar-refractivity contribution in [1.29, 1.82) is 0 Å². The molecule has 5 nitrogen and oxygen atoms in total. The molecule has 3 N–H and O–H groups in total.